The highest BCUT2D eigenvalue weighted by Gasteiger charge is 2.20. The molecule has 19 heavy (non-hydrogen) atoms. The summed E-state index contributed by atoms with van der Waals surface area (Å²) in [5.41, 5.74) is 6.05. The van der Waals surface area contributed by atoms with Crippen molar-refractivity contribution in [3.05, 3.63) is 29.8 Å². The van der Waals surface area contributed by atoms with Crippen LogP contribution < -0.4 is 10.0 Å². The fourth-order valence-electron chi connectivity index (χ4n) is 1.34. The lowest BCUT2D eigenvalue weighted by Gasteiger charge is -2.19. The molecule has 0 aromatic heterocycles. The number of benzene rings is 1. The van der Waals surface area contributed by atoms with E-state index >= 15 is 0 Å². The summed E-state index contributed by atoms with van der Waals surface area (Å²) in [5, 5.41) is 0. The molecule has 7 heteroatoms. The Bertz CT molecular complexity index is 492. The van der Waals surface area contributed by atoms with Crippen LogP contribution in [0.3, 0.4) is 0 Å². The monoisotopic (exact) mass is 303 g/mol. The van der Waals surface area contributed by atoms with Crippen molar-refractivity contribution >= 4 is 24.4 Å². The van der Waals surface area contributed by atoms with Crippen molar-refractivity contribution in [2.75, 3.05) is 6.61 Å². The van der Waals surface area contributed by atoms with Gasteiger partial charge in [0.15, 0.2) is 0 Å². The molecule has 0 saturated carbocycles. The third-order valence-corrected chi connectivity index (χ3v) is 3.59. The van der Waals surface area contributed by atoms with E-state index in [-0.39, 0.29) is 17.4 Å². The van der Waals surface area contributed by atoms with Gasteiger partial charge < -0.3 is 13.8 Å². The number of hydrogen-bond acceptors (Lipinski definition) is 5. The summed E-state index contributed by atoms with van der Waals surface area (Å²) in [6, 6.07) is 6.65. The third kappa shape index (κ3) is 5.28. The highest BCUT2D eigenvalue weighted by Crippen LogP contribution is 2.41. The molecule has 0 aliphatic rings. The molecular formula is C12H18NO4PS. The molecule has 0 aliphatic heterocycles. The molecule has 0 spiro atoms. The Balaban J connectivity index is 2.96. The van der Waals surface area contributed by atoms with Crippen molar-refractivity contribution in [1.29, 1.82) is 0 Å². The number of para-hydroxylation sites is 1. The first-order chi connectivity index (χ1) is 8.85. The number of nitrogens with two attached hydrogens (primary N) is 1. The molecule has 1 unspecified atom stereocenters. The minimum atomic E-state index is -2.89. The molecule has 0 radical (unpaired) electrons. The lowest BCUT2D eigenvalue weighted by Crippen LogP contribution is -2.14. The van der Waals surface area contributed by atoms with Gasteiger partial charge in [0.25, 0.3) is 0 Å². The standard InChI is InChI=1S/C12H18NO4PS/c1-4-15-18(13,19)17-11-8-6-5-7-10(11)12(14)16-9(2)3/h5-9H,4H2,1-3H3,(H2,13,19). The maximum Gasteiger partial charge on any atom is 0.342 e. The highest BCUT2D eigenvalue weighted by molar-refractivity contribution is 8.09. The summed E-state index contributed by atoms with van der Waals surface area (Å²) in [5.74, 6) is -0.190. The van der Waals surface area contributed by atoms with Crippen LogP contribution >= 0.6 is 6.64 Å². The largest absolute Gasteiger partial charge is 0.459 e. The molecule has 0 aliphatic carbocycles. The van der Waals surface area contributed by atoms with Gasteiger partial charge in [-0.1, -0.05) is 12.1 Å². The zero-order valence-electron chi connectivity index (χ0n) is 11.2. The van der Waals surface area contributed by atoms with Gasteiger partial charge in [-0.2, -0.15) is 0 Å². The minimum Gasteiger partial charge on any atom is -0.459 e. The molecule has 106 valence electrons. The first-order valence-electron chi connectivity index (χ1n) is 5.88. The molecule has 2 N–H and O–H groups in total. The predicted molar refractivity (Wildman–Crippen MR) is 77.7 cm³/mol. The lowest BCUT2D eigenvalue weighted by molar-refractivity contribution is 0.0376. The average molecular weight is 303 g/mol. The van der Waals surface area contributed by atoms with Crippen LogP contribution in [-0.2, 0) is 21.1 Å². The second kappa shape index (κ2) is 7.01. The van der Waals surface area contributed by atoms with Gasteiger partial charge in [0.2, 0.25) is 0 Å². The fourth-order valence-corrected chi connectivity index (χ4v) is 2.74. The number of rotatable bonds is 6. The fraction of sp³-hybridized carbons (Fsp3) is 0.417. The van der Waals surface area contributed by atoms with Gasteiger partial charge in [-0.3, -0.25) is 0 Å². The van der Waals surface area contributed by atoms with Crippen LogP contribution in [0, 0.1) is 0 Å². The smallest absolute Gasteiger partial charge is 0.342 e. The summed E-state index contributed by atoms with van der Waals surface area (Å²) < 4.78 is 15.8. The van der Waals surface area contributed by atoms with Crippen LogP contribution in [0.5, 0.6) is 5.75 Å². The molecule has 0 heterocycles. The Labute approximate surface area is 118 Å². The van der Waals surface area contributed by atoms with E-state index < -0.39 is 12.6 Å². The topological polar surface area (TPSA) is 70.8 Å². The van der Waals surface area contributed by atoms with Crippen LogP contribution in [0.25, 0.3) is 0 Å². The predicted octanol–water partition coefficient (Wildman–Crippen LogP) is 2.85. The summed E-state index contributed by atoms with van der Waals surface area (Å²) in [6.07, 6.45) is -0.214. The Kier molecular flexibility index (Phi) is 5.94. The van der Waals surface area contributed by atoms with Crippen LogP contribution in [0.1, 0.15) is 31.1 Å². The lowest BCUT2D eigenvalue weighted by atomic mass is 10.2. The zero-order valence-corrected chi connectivity index (χ0v) is 12.9. The van der Waals surface area contributed by atoms with Gasteiger partial charge in [0, 0.05) is 0 Å². The Hall–Kier alpha value is -0.940. The number of esters is 1. The molecule has 1 aromatic carbocycles. The van der Waals surface area contributed by atoms with E-state index in [0.29, 0.717) is 6.61 Å². The first-order valence-corrected chi connectivity index (χ1v) is 8.59. The Morgan fingerprint density at radius 1 is 1.42 bits per heavy atom. The van der Waals surface area contributed by atoms with Crippen molar-refractivity contribution in [2.24, 2.45) is 5.50 Å². The summed E-state index contributed by atoms with van der Waals surface area (Å²) in [7, 11) is 0. The van der Waals surface area contributed by atoms with Crippen molar-refractivity contribution in [1.82, 2.24) is 0 Å². The van der Waals surface area contributed by atoms with E-state index in [9.17, 15) is 4.79 Å². The van der Waals surface area contributed by atoms with E-state index in [1.54, 1.807) is 45.0 Å². The Morgan fingerprint density at radius 3 is 2.63 bits per heavy atom. The molecule has 1 atom stereocenters. The van der Waals surface area contributed by atoms with Gasteiger partial charge in [0.05, 0.1) is 12.7 Å². The SMILES string of the molecule is CCOP(N)(=S)Oc1ccccc1C(=O)OC(C)C. The minimum absolute atomic E-state index is 0.214. The van der Waals surface area contributed by atoms with Gasteiger partial charge in [-0.25, -0.2) is 10.3 Å². The molecule has 5 nitrogen and oxygen atoms in total. The quantitative estimate of drug-likeness (QED) is 0.643. The van der Waals surface area contributed by atoms with E-state index in [1.807, 2.05) is 0 Å². The highest BCUT2D eigenvalue weighted by atomic mass is 32.5. The van der Waals surface area contributed by atoms with Gasteiger partial charge in [-0.15, -0.1) is 0 Å². The first kappa shape index (κ1) is 16.1. The number of carbonyl (C=O) groups excluding carboxylic acids is 1. The van der Waals surface area contributed by atoms with Gasteiger partial charge in [-0.05, 0) is 44.7 Å². The van der Waals surface area contributed by atoms with E-state index in [0.717, 1.165) is 0 Å². The Morgan fingerprint density at radius 2 is 2.05 bits per heavy atom. The second-order valence-corrected chi connectivity index (χ2v) is 7.05. The maximum absolute atomic E-state index is 11.9. The molecule has 1 aromatic rings. The van der Waals surface area contributed by atoms with E-state index in [2.05, 4.69) is 0 Å². The number of ether oxygens (including phenoxy) is 1. The molecule has 1 rings (SSSR count). The van der Waals surface area contributed by atoms with Crippen molar-refractivity contribution in [2.45, 2.75) is 26.9 Å². The average Bonchev–Trinajstić information content (AvgIpc) is 2.27. The number of hydrogen-bond donors (Lipinski definition) is 1. The van der Waals surface area contributed by atoms with Crippen molar-refractivity contribution in [3.63, 3.8) is 0 Å². The van der Waals surface area contributed by atoms with E-state index in [1.165, 1.54) is 0 Å². The van der Waals surface area contributed by atoms with Crippen LogP contribution in [0.15, 0.2) is 24.3 Å². The zero-order chi connectivity index (χ0) is 14.5. The van der Waals surface area contributed by atoms with Gasteiger partial charge in [0.1, 0.15) is 11.3 Å². The van der Waals surface area contributed by atoms with E-state index in [4.69, 9.17) is 31.1 Å². The van der Waals surface area contributed by atoms with Crippen LogP contribution in [0.2, 0.25) is 0 Å². The van der Waals surface area contributed by atoms with Crippen LogP contribution in [0.4, 0.5) is 0 Å². The summed E-state index contributed by atoms with van der Waals surface area (Å²) >= 11 is 5.05. The molecule has 0 fully saturated rings. The molecular weight excluding hydrogens is 285 g/mol. The van der Waals surface area contributed by atoms with Crippen molar-refractivity contribution < 1.29 is 18.6 Å². The third-order valence-electron chi connectivity index (χ3n) is 1.98. The number of carbonyl (C=O) groups is 1. The van der Waals surface area contributed by atoms with Crippen LogP contribution in [-0.4, -0.2) is 18.7 Å². The van der Waals surface area contributed by atoms with Crippen molar-refractivity contribution in [3.8, 4) is 5.75 Å². The molecule has 0 saturated heterocycles. The summed E-state index contributed by atoms with van der Waals surface area (Å²) in [6.45, 7) is 2.78. The molecule has 0 bridgehead atoms. The second-order valence-electron chi connectivity index (χ2n) is 4.00. The summed E-state index contributed by atoms with van der Waals surface area (Å²) in [4.78, 5) is 11.9. The van der Waals surface area contributed by atoms with Gasteiger partial charge >= 0.3 is 12.6 Å². The maximum atomic E-state index is 11.9. The normalized spacial score (nSPS) is 13.9. The molecule has 0 amide bonds.